The number of carbonyl (C=O) groups is 1. The summed E-state index contributed by atoms with van der Waals surface area (Å²) in [5, 5.41) is 2.97. The third-order valence-corrected chi connectivity index (χ3v) is 6.25. The van der Waals surface area contributed by atoms with Crippen LogP contribution in [0.5, 0.6) is 0 Å². The van der Waals surface area contributed by atoms with Crippen LogP contribution in [0.2, 0.25) is 0 Å². The van der Waals surface area contributed by atoms with Crippen LogP contribution in [-0.2, 0) is 0 Å². The summed E-state index contributed by atoms with van der Waals surface area (Å²) in [6, 6.07) is 25.0. The average molecular weight is 447 g/mol. The molecule has 1 atom stereocenters. The lowest BCUT2D eigenvalue weighted by atomic mass is 10.0. The molecule has 172 valence electrons. The highest BCUT2D eigenvalue weighted by molar-refractivity contribution is 5.94. The quantitative estimate of drug-likeness (QED) is 0.591. The smallest absolute Gasteiger partial charge is 0.254 e. The van der Waals surface area contributed by atoms with Crippen molar-refractivity contribution in [2.75, 3.05) is 56.6 Å². The summed E-state index contributed by atoms with van der Waals surface area (Å²) in [5.74, 6) is -0.885. The number of halogens is 1. The van der Waals surface area contributed by atoms with Crippen LogP contribution in [0, 0.1) is 5.82 Å². The Bertz CT molecular complexity index is 1050. The van der Waals surface area contributed by atoms with Crippen molar-refractivity contribution >= 4 is 17.3 Å². The van der Waals surface area contributed by atoms with Crippen molar-refractivity contribution in [3.63, 3.8) is 0 Å². The van der Waals surface area contributed by atoms with Gasteiger partial charge in [-0.05, 0) is 42.0 Å². The molecule has 0 spiro atoms. The molecular formula is C27H31FN4O. The molecule has 1 saturated heterocycles. The number of hydrogen-bond donors (Lipinski definition) is 1. The number of carbonyl (C=O) groups excluding carboxylic acids is 1. The van der Waals surface area contributed by atoms with Crippen molar-refractivity contribution in [1.82, 2.24) is 10.2 Å². The van der Waals surface area contributed by atoms with E-state index in [2.05, 4.69) is 68.5 Å². The summed E-state index contributed by atoms with van der Waals surface area (Å²) < 4.78 is 14.1. The zero-order valence-corrected chi connectivity index (χ0v) is 19.2. The van der Waals surface area contributed by atoms with Gasteiger partial charge in [0.15, 0.2) is 0 Å². The van der Waals surface area contributed by atoms with E-state index in [1.54, 1.807) is 12.1 Å². The van der Waals surface area contributed by atoms with Gasteiger partial charge in [-0.25, -0.2) is 4.39 Å². The summed E-state index contributed by atoms with van der Waals surface area (Å²) in [6.45, 7) is 4.00. The lowest BCUT2D eigenvalue weighted by Crippen LogP contribution is -2.50. The number of benzene rings is 3. The molecule has 1 N–H and O–H groups in total. The topological polar surface area (TPSA) is 38.8 Å². The number of hydrogen-bond acceptors (Lipinski definition) is 4. The fraction of sp³-hybridized carbons (Fsp3) is 0.296. The van der Waals surface area contributed by atoms with Gasteiger partial charge in [-0.15, -0.1) is 0 Å². The van der Waals surface area contributed by atoms with E-state index in [4.69, 9.17) is 0 Å². The molecule has 1 aliphatic heterocycles. The van der Waals surface area contributed by atoms with Gasteiger partial charge < -0.3 is 15.1 Å². The van der Waals surface area contributed by atoms with E-state index in [1.807, 2.05) is 20.2 Å². The van der Waals surface area contributed by atoms with E-state index >= 15 is 0 Å². The predicted octanol–water partition coefficient (Wildman–Crippen LogP) is 4.19. The van der Waals surface area contributed by atoms with Crippen molar-refractivity contribution in [2.24, 2.45) is 0 Å². The first-order chi connectivity index (χ1) is 16.0. The zero-order chi connectivity index (χ0) is 23.2. The van der Waals surface area contributed by atoms with Crippen molar-refractivity contribution < 1.29 is 9.18 Å². The molecule has 3 aromatic rings. The first-order valence-corrected chi connectivity index (χ1v) is 11.4. The lowest BCUT2D eigenvalue weighted by molar-refractivity contribution is 0.0926. The van der Waals surface area contributed by atoms with Crippen LogP contribution in [0.15, 0.2) is 78.9 Å². The molecular weight excluding hydrogens is 415 g/mol. The molecule has 1 amide bonds. The van der Waals surface area contributed by atoms with E-state index in [9.17, 15) is 9.18 Å². The van der Waals surface area contributed by atoms with Crippen LogP contribution in [0.4, 0.5) is 15.8 Å². The molecule has 0 aliphatic carbocycles. The van der Waals surface area contributed by atoms with Crippen LogP contribution in [0.25, 0.3) is 0 Å². The maximum atomic E-state index is 14.1. The lowest BCUT2D eigenvalue weighted by Gasteiger charge is -2.40. The minimum absolute atomic E-state index is 0.00913. The summed E-state index contributed by atoms with van der Waals surface area (Å²) in [6.07, 6.45) is 0. The number of nitrogens with zero attached hydrogens (tertiary/aromatic N) is 3. The molecule has 6 heteroatoms. The SMILES string of the molecule is CN(C)c1ccc([C@@H](CNC(=O)c2ccccc2F)N2CCN(c3ccccc3)CC2)cc1. The van der Waals surface area contributed by atoms with Crippen LogP contribution in [-0.4, -0.2) is 57.6 Å². The Morgan fingerprint density at radius 2 is 1.55 bits per heavy atom. The molecule has 0 bridgehead atoms. The fourth-order valence-corrected chi connectivity index (χ4v) is 4.31. The second-order valence-corrected chi connectivity index (χ2v) is 8.55. The highest BCUT2D eigenvalue weighted by Gasteiger charge is 2.26. The molecule has 5 nitrogen and oxygen atoms in total. The van der Waals surface area contributed by atoms with Gasteiger partial charge >= 0.3 is 0 Å². The number of amides is 1. The second kappa shape index (κ2) is 10.5. The third-order valence-electron chi connectivity index (χ3n) is 6.25. The minimum Gasteiger partial charge on any atom is -0.378 e. The number of piperazine rings is 1. The van der Waals surface area contributed by atoms with Gasteiger partial charge in [0.1, 0.15) is 5.82 Å². The number of rotatable bonds is 7. The summed E-state index contributed by atoms with van der Waals surface area (Å²) in [7, 11) is 4.04. The van der Waals surface area contributed by atoms with Crippen molar-refractivity contribution in [1.29, 1.82) is 0 Å². The van der Waals surface area contributed by atoms with E-state index in [1.165, 1.54) is 17.8 Å². The maximum absolute atomic E-state index is 14.1. The largest absolute Gasteiger partial charge is 0.378 e. The van der Waals surface area contributed by atoms with Gasteiger partial charge in [0.25, 0.3) is 5.91 Å². The molecule has 0 saturated carbocycles. The molecule has 1 aliphatic rings. The molecule has 33 heavy (non-hydrogen) atoms. The van der Waals surface area contributed by atoms with Crippen molar-refractivity contribution in [3.05, 3.63) is 95.8 Å². The molecule has 0 aromatic heterocycles. The zero-order valence-electron chi connectivity index (χ0n) is 19.2. The molecule has 1 fully saturated rings. The first kappa shape index (κ1) is 22.8. The Hall–Kier alpha value is -3.38. The number of anilines is 2. The van der Waals surface area contributed by atoms with Gasteiger partial charge in [0.2, 0.25) is 0 Å². The van der Waals surface area contributed by atoms with Gasteiger partial charge in [-0.3, -0.25) is 9.69 Å². The van der Waals surface area contributed by atoms with E-state index in [-0.39, 0.29) is 17.5 Å². The first-order valence-electron chi connectivity index (χ1n) is 11.4. The summed E-state index contributed by atoms with van der Waals surface area (Å²) in [4.78, 5) is 19.5. The normalized spacial score (nSPS) is 15.2. The monoisotopic (exact) mass is 446 g/mol. The number of nitrogens with one attached hydrogen (secondary N) is 1. The average Bonchev–Trinajstić information content (AvgIpc) is 2.85. The van der Waals surface area contributed by atoms with Crippen LogP contribution in [0.1, 0.15) is 22.0 Å². The predicted molar refractivity (Wildman–Crippen MR) is 132 cm³/mol. The van der Waals surface area contributed by atoms with Crippen LogP contribution < -0.4 is 15.1 Å². The summed E-state index contributed by atoms with van der Waals surface area (Å²) in [5.41, 5.74) is 3.58. The second-order valence-electron chi connectivity index (χ2n) is 8.55. The van der Waals surface area contributed by atoms with E-state index in [0.717, 1.165) is 37.4 Å². The van der Waals surface area contributed by atoms with Crippen molar-refractivity contribution in [2.45, 2.75) is 6.04 Å². The summed E-state index contributed by atoms with van der Waals surface area (Å²) >= 11 is 0. The Morgan fingerprint density at radius 3 is 2.18 bits per heavy atom. The van der Waals surface area contributed by atoms with Crippen LogP contribution in [0.3, 0.4) is 0 Å². The Morgan fingerprint density at radius 1 is 0.909 bits per heavy atom. The Kier molecular flexibility index (Phi) is 7.25. The van der Waals surface area contributed by atoms with Gasteiger partial charge in [0.05, 0.1) is 11.6 Å². The molecule has 3 aromatic carbocycles. The van der Waals surface area contributed by atoms with Gasteiger partial charge in [0, 0.05) is 58.2 Å². The molecule has 0 unspecified atom stereocenters. The fourth-order valence-electron chi connectivity index (χ4n) is 4.31. The number of para-hydroxylation sites is 1. The minimum atomic E-state index is -0.502. The molecule has 0 radical (unpaired) electrons. The molecule has 4 rings (SSSR count). The highest BCUT2D eigenvalue weighted by Crippen LogP contribution is 2.26. The van der Waals surface area contributed by atoms with Crippen molar-refractivity contribution in [3.8, 4) is 0 Å². The van der Waals surface area contributed by atoms with Crippen LogP contribution >= 0.6 is 0 Å². The Labute approximate surface area is 195 Å². The molecule has 1 heterocycles. The standard InChI is InChI=1S/C27H31FN4O/c1-30(2)22-14-12-21(13-15-22)26(20-29-27(33)24-10-6-7-11-25(24)28)32-18-16-31(17-19-32)23-8-4-3-5-9-23/h3-15,26H,16-20H2,1-2H3,(H,29,33)/t26-/m1/s1. The maximum Gasteiger partial charge on any atom is 0.254 e. The third kappa shape index (κ3) is 5.52. The van der Waals surface area contributed by atoms with Gasteiger partial charge in [-0.2, -0.15) is 0 Å². The van der Waals surface area contributed by atoms with E-state index < -0.39 is 5.82 Å². The van der Waals surface area contributed by atoms with Gasteiger partial charge in [-0.1, -0.05) is 42.5 Å². The van der Waals surface area contributed by atoms with E-state index in [0.29, 0.717) is 6.54 Å². The Balaban J connectivity index is 1.49. The highest BCUT2D eigenvalue weighted by atomic mass is 19.1.